The Morgan fingerprint density at radius 3 is 2.88 bits per heavy atom. The summed E-state index contributed by atoms with van der Waals surface area (Å²) in [4.78, 5) is 4.28. The highest BCUT2D eigenvalue weighted by Crippen LogP contribution is 2.21. The fourth-order valence-corrected chi connectivity index (χ4v) is 4.07. The Hall–Kier alpha value is -0.620. The van der Waals surface area contributed by atoms with Crippen LogP contribution >= 0.6 is 15.9 Å². The van der Waals surface area contributed by atoms with Gasteiger partial charge in [-0.15, -0.1) is 0 Å². The molecule has 1 saturated heterocycles. The lowest BCUT2D eigenvalue weighted by atomic mass is 10.1. The van der Waals surface area contributed by atoms with Crippen molar-refractivity contribution in [3.8, 4) is 0 Å². The summed E-state index contributed by atoms with van der Waals surface area (Å²) >= 11 is 3.30. The van der Waals surface area contributed by atoms with Gasteiger partial charge in [0.05, 0.1) is 22.9 Å². The van der Waals surface area contributed by atoms with Crippen LogP contribution in [-0.2, 0) is 9.84 Å². The van der Waals surface area contributed by atoms with Crippen molar-refractivity contribution in [3.63, 3.8) is 0 Å². The first-order chi connectivity index (χ1) is 7.96. The van der Waals surface area contributed by atoms with E-state index in [0.717, 1.165) is 28.8 Å². The van der Waals surface area contributed by atoms with Crippen molar-refractivity contribution in [2.45, 2.75) is 25.8 Å². The Morgan fingerprint density at radius 2 is 2.24 bits per heavy atom. The smallest absolute Gasteiger partial charge is 0.152 e. The van der Waals surface area contributed by atoms with Gasteiger partial charge in [0.2, 0.25) is 0 Å². The second-order valence-electron chi connectivity index (χ2n) is 4.36. The van der Waals surface area contributed by atoms with Crippen molar-refractivity contribution in [3.05, 3.63) is 22.4 Å². The molecule has 0 bridgehead atoms. The molecular weight excluding hydrogens is 304 g/mol. The van der Waals surface area contributed by atoms with Crippen LogP contribution in [0.25, 0.3) is 0 Å². The molecule has 6 heteroatoms. The van der Waals surface area contributed by atoms with E-state index in [2.05, 4.69) is 26.2 Å². The number of sulfone groups is 1. The molecule has 0 saturated carbocycles. The number of nitrogens with zero attached hydrogens (tertiary/aromatic N) is 1. The monoisotopic (exact) mass is 318 g/mol. The van der Waals surface area contributed by atoms with Crippen LogP contribution < -0.4 is 5.32 Å². The molecule has 0 spiro atoms. The molecular formula is C11H15BrN2O2S. The number of aryl methyl sites for hydroxylation is 1. The molecule has 0 radical (unpaired) electrons. The summed E-state index contributed by atoms with van der Waals surface area (Å²) < 4.78 is 23.8. The molecule has 1 N–H and O–H groups in total. The zero-order valence-corrected chi connectivity index (χ0v) is 12.0. The van der Waals surface area contributed by atoms with E-state index in [4.69, 9.17) is 0 Å². The summed E-state index contributed by atoms with van der Waals surface area (Å²) in [6.07, 6.45) is 1.64. The maximum absolute atomic E-state index is 11.5. The van der Waals surface area contributed by atoms with Gasteiger partial charge < -0.3 is 5.32 Å². The van der Waals surface area contributed by atoms with Gasteiger partial charge in [-0.3, -0.25) is 0 Å². The highest BCUT2D eigenvalue weighted by atomic mass is 79.9. The van der Waals surface area contributed by atoms with Crippen molar-refractivity contribution in [2.24, 2.45) is 0 Å². The Morgan fingerprint density at radius 1 is 1.47 bits per heavy atom. The van der Waals surface area contributed by atoms with Crippen molar-refractivity contribution >= 4 is 31.5 Å². The fourth-order valence-electron chi connectivity index (χ4n) is 2.04. The summed E-state index contributed by atoms with van der Waals surface area (Å²) in [6.45, 7) is 1.91. The molecule has 0 aliphatic carbocycles. The lowest BCUT2D eigenvalue weighted by molar-refractivity contribution is 0.562. The van der Waals surface area contributed by atoms with Gasteiger partial charge in [0, 0.05) is 6.04 Å². The first kappa shape index (κ1) is 12.8. The third-order valence-corrected chi connectivity index (χ3v) is 5.14. The van der Waals surface area contributed by atoms with Crippen LogP contribution in [-0.4, -0.2) is 30.9 Å². The zero-order valence-electron chi connectivity index (χ0n) is 9.61. The first-order valence-corrected chi connectivity index (χ1v) is 8.18. The lowest BCUT2D eigenvalue weighted by Crippen LogP contribution is -2.35. The average Bonchev–Trinajstić information content (AvgIpc) is 2.21. The molecule has 94 valence electrons. The van der Waals surface area contributed by atoms with Crippen LogP contribution in [0.2, 0.25) is 0 Å². The summed E-state index contributed by atoms with van der Waals surface area (Å²) in [6, 6.07) is 3.79. The fraction of sp³-hybridized carbons (Fsp3) is 0.545. The molecule has 0 aromatic carbocycles. The van der Waals surface area contributed by atoms with Crippen LogP contribution in [0.5, 0.6) is 0 Å². The molecule has 1 aromatic heterocycles. The highest BCUT2D eigenvalue weighted by Gasteiger charge is 2.24. The Bertz CT molecular complexity index is 516. The molecule has 1 aliphatic rings. The van der Waals surface area contributed by atoms with Crippen LogP contribution in [0.1, 0.15) is 18.5 Å². The Balaban J connectivity index is 2.10. The molecule has 1 aromatic rings. The van der Waals surface area contributed by atoms with Crippen LogP contribution in [0, 0.1) is 6.92 Å². The van der Waals surface area contributed by atoms with Crippen LogP contribution in [0.4, 0.5) is 5.69 Å². The Kier molecular flexibility index (Phi) is 3.73. The SMILES string of the molecule is Cc1nc(Br)ccc1NC1CCCS(=O)(=O)C1. The minimum absolute atomic E-state index is 0.00965. The second kappa shape index (κ2) is 4.94. The largest absolute Gasteiger partial charge is 0.380 e. The molecule has 4 nitrogen and oxygen atoms in total. The number of rotatable bonds is 2. The third-order valence-electron chi connectivity index (χ3n) is 2.87. The van der Waals surface area contributed by atoms with Crippen LogP contribution in [0.3, 0.4) is 0 Å². The minimum Gasteiger partial charge on any atom is -0.380 e. The van der Waals surface area contributed by atoms with E-state index in [1.165, 1.54) is 0 Å². The molecule has 1 atom stereocenters. The van der Waals surface area contributed by atoms with Gasteiger partial charge in [0.1, 0.15) is 4.60 Å². The van der Waals surface area contributed by atoms with Gasteiger partial charge in [-0.05, 0) is 47.8 Å². The lowest BCUT2D eigenvalue weighted by Gasteiger charge is -2.24. The van der Waals surface area contributed by atoms with E-state index < -0.39 is 9.84 Å². The minimum atomic E-state index is -2.87. The standard InChI is InChI=1S/C11H15BrN2O2S/c1-8-10(4-5-11(12)13-8)14-9-3-2-6-17(15,16)7-9/h4-5,9,14H,2-3,6-7H2,1H3. The summed E-state index contributed by atoms with van der Waals surface area (Å²) in [5.74, 6) is 0.547. The van der Waals surface area contributed by atoms with Crippen LogP contribution in [0.15, 0.2) is 16.7 Å². The van der Waals surface area contributed by atoms with Crippen molar-refractivity contribution in [2.75, 3.05) is 16.8 Å². The number of anilines is 1. The van der Waals surface area contributed by atoms with Crippen molar-refractivity contribution < 1.29 is 8.42 Å². The number of halogens is 1. The van der Waals surface area contributed by atoms with Gasteiger partial charge >= 0.3 is 0 Å². The zero-order chi connectivity index (χ0) is 12.5. The summed E-state index contributed by atoms with van der Waals surface area (Å²) in [5, 5.41) is 3.27. The Labute approximate surface area is 110 Å². The van der Waals surface area contributed by atoms with Crippen molar-refractivity contribution in [1.82, 2.24) is 4.98 Å². The maximum Gasteiger partial charge on any atom is 0.152 e. The number of nitrogens with one attached hydrogen (secondary N) is 1. The quantitative estimate of drug-likeness (QED) is 0.849. The van der Waals surface area contributed by atoms with Gasteiger partial charge in [0.15, 0.2) is 9.84 Å². The predicted octanol–water partition coefficient (Wildman–Crippen LogP) is 2.14. The van der Waals surface area contributed by atoms with Gasteiger partial charge in [-0.2, -0.15) is 0 Å². The molecule has 2 heterocycles. The van der Waals surface area contributed by atoms with E-state index in [0.29, 0.717) is 5.75 Å². The van der Waals surface area contributed by atoms with E-state index in [1.54, 1.807) is 0 Å². The molecule has 0 amide bonds. The van der Waals surface area contributed by atoms with Crippen molar-refractivity contribution in [1.29, 1.82) is 0 Å². The summed E-state index contributed by atoms with van der Waals surface area (Å²) in [7, 11) is -2.87. The van der Waals surface area contributed by atoms with E-state index in [-0.39, 0.29) is 11.8 Å². The van der Waals surface area contributed by atoms with Gasteiger partial charge in [0.25, 0.3) is 0 Å². The third kappa shape index (κ3) is 3.42. The average molecular weight is 319 g/mol. The van der Waals surface area contributed by atoms with Gasteiger partial charge in [-0.25, -0.2) is 13.4 Å². The first-order valence-electron chi connectivity index (χ1n) is 5.56. The number of hydrogen-bond acceptors (Lipinski definition) is 4. The molecule has 2 rings (SSSR count). The second-order valence-corrected chi connectivity index (χ2v) is 7.41. The topological polar surface area (TPSA) is 59.1 Å². The molecule has 1 fully saturated rings. The summed E-state index contributed by atoms with van der Waals surface area (Å²) in [5.41, 5.74) is 1.79. The van der Waals surface area contributed by atoms with E-state index in [1.807, 2.05) is 19.1 Å². The maximum atomic E-state index is 11.5. The van der Waals surface area contributed by atoms with E-state index >= 15 is 0 Å². The molecule has 1 unspecified atom stereocenters. The van der Waals surface area contributed by atoms with E-state index in [9.17, 15) is 8.42 Å². The highest BCUT2D eigenvalue weighted by molar-refractivity contribution is 9.10. The van der Waals surface area contributed by atoms with Gasteiger partial charge in [-0.1, -0.05) is 0 Å². The predicted molar refractivity (Wildman–Crippen MR) is 72.0 cm³/mol. The number of pyridine rings is 1. The number of hydrogen-bond donors (Lipinski definition) is 1. The molecule has 17 heavy (non-hydrogen) atoms. The number of aromatic nitrogens is 1. The normalized spacial score (nSPS) is 23.3. The molecule has 1 aliphatic heterocycles.